The number of ether oxygens (including phenoxy) is 4. The molecule has 574 valence electrons. The molecule has 0 fully saturated rings. The molecule has 0 saturated heterocycles. The minimum atomic E-state index is -1.63. The van der Waals surface area contributed by atoms with Gasteiger partial charge in [0.1, 0.15) is 13.2 Å². The molecule has 0 bridgehead atoms. The maximum atomic E-state index is 13.0. The average molecular weight is 1390 g/mol. The van der Waals surface area contributed by atoms with Gasteiger partial charge in [0.2, 0.25) is 0 Å². The van der Waals surface area contributed by atoms with Gasteiger partial charge in [-0.25, -0.2) is 0 Å². The van der Waals surface area contributed by atoms with E-state index in [4.69, 9.17) is 18.9 Å². The molecule has 0 aromatic carbocycles. The van der Waals surface area contributed by atoms with Crippen LogP contribution in [0.25, 0.3) is 0 Å². The molecule has 0 spiro atoms. The molecule has 9 heteroatoms. The fourth-order valence-electron chi connectivity index (χ4n) is 12.4. The second-order valence-electron chi connectivity index (χ2n) is 29.8. The number of likely N-dealkylation sites (N-methyl/N-ethyl adjacent to an activating group) is 1. The molecule has 0 aromatic heterocycles. The lowest BCUT2D eigenvalue weighted by molar-refractivity contribution is -0.870. The van der Waals surface area contributed by atoms with Crippen LogP contribution in [0.3, 0.4) is 0 Å². The number of aliphatic carboxylic acids is 1. The Morgan fingerprint density at radius 2 is 0.576 bits per heavy atom. The molecular formula is C90H161NO8. The van der Waals surface area contributed by atoms with Crippen molar-refractivity contribution in [2.24, 2.45) is 0 Å². The van der Waals surface area contributed by atoms with Gasteiger partial charge in [-0.15, -0.1) is 0 Å². The Balaban J connectivity index is 3.98. The van der Waals surface area contributed by atoms with Crippen LogP contribution >= 0.6 is 0 Å². The third kappa shape index (κ3) is 81.4. The number of hydrogen-bond acceptors (Lipinski definition) is 8. The van der Waals surface area contributed by atoms with Crippen LogP contribution in [0.5, 0.6) is 0 Å². The molecule has 0 aliphatic rings. The van der Waals surface area contributed by atoms with E-state index in [1.54, 1.807) is 0 Å². The highest BCUT2D eigenvalue weighted by atomic mass is 16.7. The molecule has 99 heavy (non-hydrogen) atoms. The first-order valence-corrected chi connectivity index (χ1v) is 42.4. The van der Waals surface area contributed by atoms with E-state index in [-0.39, 0.29) is 32.2 Å². The summed E-state index contributed by atoms with van der Waals surface area (Å²) in [5.74, 6) is -2.28. The monoisotopic (exact) mass is 1380 g/mol. The fraction of sp³-hybridized carbons (Fsp3) is 0.789. The van der Waals surface area contributed by atoms with Gasteiger partial charge in [-0.1, -0.05) is 406 Å². The number of nitrogens with zero attached hydrogens (tertiary/aromatic N) is 1. The quantitative estimate of drug-likeness (QED) is 0.0195. The predicted molar refractivity (Wildman–Crippen MR) is 426 cm³/mol. The van der Waals surface area contributed by atoms with Crippen LogP contribution in [-0.4, -0.2) is 82.3 Å². The van der Waals surface area contributed by atoms with Crippen molar-refractivity contribution in [2.75, 3.05) is 47.5 Å². The van der Waals surface area contributed by atoms with Crippen molar-refractivity contribution in [1.29, 1.82) is 0 Å². The van der Waals surface area contributed by atoms with Crippen molar-refractivity contribution in [3.05, 3.63) is 97.2 Å². The molecule has 0 aromatic rings. The Kier molecular flexibility index (Phi) is 76.8. The molecule has 2 atom stereocenters. The summed E-state index contributed by atoms with van der Waals surface area (Å²) in [6, 6.07) is 0. The average Bonchev–Trinajstić information content (AvgIpc) is 1.57. The number of esters is 2. The predicted octanol–water partition coefficient (Wildman–Crippen LogP) is 26.2. The lowest BCUT2D eigenvalue weighted by Gasteiger charge is -2.26. The number of rotatable bonds is 79. The van der Waals surface area contributed by atoms with E-state index in [1.165, 1.54) is 270 Å². The van der Waals surface area contributed by atoms with Gasteiger partial charge in [-0.05, 0) is 77.0 Å². The molecule has 0 radical (unpaired) electrons. The Labute approximate surface area is 613 Å². The molecule has 0 rings (SSSR count). The van der Waals surface area contributed by atoms with Crippen LogP contribution < -0.4 is 5.11 Å². The highest BCUT2D eigenvalue weighted by Crippen LogP contribution is 2.20. The Morgan fingerprint density at radius 3 is 0.859 bits per heavy atom. The Hall–Kier alpha value is -3.79. The smallest absolute Gasteiger partial charge is 0.306 e. The van der Waals surface area contributed by atoms with E-state index in [2.05, 4.69) is 111 Å². The zero-order chi connectivity index (χ0) is 71.8. The van der Waals surface area contributed by atoms with Gasteiger partial charge in [-0.3, -0.25) is 9.59 Å². The van der Waals surface area contributed by atoms with E-state index in [0.29, 0.717) is 23.9 Å². The summed E-state index contributed by atoms with van der Waals surface area (Å²) in [6.45, 7) is 4.67. The zero-order valence-electron chi connectivity index (χ0n) is 65.9. The van der Waals surface area contributed by atoms with Crippen LogP contribution in [0.2, 0.25) is 0 Å². The second kappa shape index (κ2) is 79.9. The van der Waals surface area contributed by atoms with Crippen LogP contribution in [0.15, 0.2) is 97.2 Å². The summed E-state index contributed by atoms with van der Waals surface area (Å²) >= 11 is 0. The van der Waals surface area contributed by atoms with Gasteiger partial charge in [0.25, 0.3) is 0 Å². The molecule has 0 saturated carbocycles. The van der Waals surface area contributed by atoms with E-state index in [0.717, 1.165) is 96.3 Å². The van der Waals surface area contributed by atoms with Gasteiger partial charge in [0, 0.05) is 12.8 Å². The first-order chi connectivity index (χ1) is 48.6. The molecule has 9 nitrogen and oxygen atoms in total. The van der Waals surface area contributed by atoms with Crippen molar-refractivity contribution in [2.45, 2.75) is 411 Å². The third-order valence-corrected chi connectivity index (χ3v) is 18.8. The number of carbonyl (C=O) groups is 3. The summed E-state index contributed by atoms with van der Waals surface area (Å²) in [7, 11) is 5.94. The van der Waals surface area contributed by atoms with Crippen LogP contribution in [0, 0.1) is 0 Å². The van der Waals surface area contributed by atoms with Crippen molar-refractivity contribution < 1.29 is 42.9 Å². The van der Waals surface area contributed by atoms with Gasteiger partial charge in [0.15, 0.2) is 12.4 Å². The normalized spacial score (nSPS) is 13.1. The van der Waals surface area contributed by atoms with Crippen LogP contribution in [0.1, 0.15) is 399 Å². The molecule has 0 heterocycles. The minimum absolute atomic E-state index is 0.143. The zero-order valence-corrected chi connectivity index (χ0v) is 65.9. The maximum Gasteiger partial charge on any atom is 0.306 e. The van der Waals surface area contributed by atoms with Crippen LogP contribution in [-0.2, 0) is 33.3 Å². The molecule has 0 amide bonds. The highest BCUT2D eigenvalue weighted by molar-refractivity contribution is 5.70. The lowest BCUT2D eigenvalue weighted by Crippen LogP contribution is -2.44. The summed E-state index contributed by atoms with van der Waals surface area (Å²) in [4.78, 5) is 37.6. The number of unbranched alkanes of at least 4 members (excludes halogenated alkanes) is 48. The fourth-order valence-corrected chi connectivity index (χ4v) is 12.4. The largest absolute Gasteiger partial charge is 0.545 e. The SMILES string of the molecule is CC/C=C\C/C=C\C/C=C\C/C=C\C/C=C\C/C=C\C/C=C\C/C=C\CCCCCCCCCCC(=O)OC(COC(=O)CCCCCCCCCCCCCCCCCCCCCCCCCCCCCCCCCCCCCCCCCCC)COC(OCC[N+](C)(C)C)C(=O)[O-]. The standard InChI is InChI=1S/C90H161NO8/c1-6-8-10-12-14-16-18-20-22-24-26-28-30-32-34-36-38-40-41-42-43-44-45-46-47-49-50-52-54-56-58-60-62-64-66-68-70-72-74-76-78-80-87(92)97-84-86(85-98-90(89(94)95)96-83-82-91(3,4)5)99-88(93)81-79-77-75-73-71-69-67-65-63-61-59-57-55-53-51-48-39-37-35-33-31-29-27-25-23-21-19-17-15-13-11-9-7-2/h9,11,15,17,21,23,27,29,33,35,39,48,53,55,59,61,86,90H,6-8,10,12-14,16,18-20,22,24-26,28,30-32,34,36-38,40-47,49-52,54,56-58,60,62-85H2,1-5H3/b11-9-,17-15-,23-21-,29-27-,35-33-,48-39-,55-53-,61-59-. The van der Waals surface area contributed by atoms with Crippen molar-refractivity contribution in [3.8, 4) is 0 Å². The number of hydrogen-bond donors (Lipinski definition) is 0. The number of carboxylic acid groups (broad SMARTS) is 1. The molecular weight excluding hydrogens is 1220 g/mol. The van der Waals surface area contributed by atoms with Crippen molar-refractivity contribution in [1.82, 2.24) is 0 Å². The number of allylic oxidation sites excluding steroid dienone is 16. The maximum absolute atomic E-state index is 13.0. The van der Waals surface area contributed by atoms with E-state index >= 15 is 0 Å². The Morgan fingerprint density at radius 1 is 0.313 bits per heavy atom. The first kappa shape index (κ1) is 95.2. The summed E-state index contributed by atoms with van der Waals surface area (Å²) in [6.07, 6.45) is 108. The van der Waals surface area contributed by atoms with Gasteiger partial charge < -0.3 is 33.3 Å². The van der Waals surface area contributed by atoms with Crippen LogP contribution in [0.4, 0.5) is 0 Å². The second-order valence-corrected chi connectivity index (χ2v) is 29.8. The number of carbonyl (C=O) groups excluding carboxylic acids is 3. The molecule has 0 N–H and O–H groups in total. The summed E-state index contributed by atoms with van der Waals surface area (Å²) < 4.78 is 22.9. The molecule has 0 aliphatic heterocycles. The third-order valence-electron chi connectivity index (χ3n) is 18.8. The Bertz CT molecular complexity index is 1960. The molecule has 2 unspecified atom stereocenters. The molecule has 0 aliphatic carbocycles. The minimum Gasteiger partial charge on any atom is -0.545 e. The van der Waals surface area contributed by atoms with Gasteiger partial charge in [-0.2, -0.15) is 0 Å². The van der Waals surface area contributed by atoms with Gasteiger partial charge >= 0.3 is 11.9 Å². The lowest BCUT2D eigenvalue weighted by atomic mass is 10.0. The number of carboxylic acids is 1. The van der Waals surface area contributed by atoms with E-state index in [9.17, 15) is 19.5 Å². The number of quaternary nitrogens is 1. The first-order valence-electron chi connectivity index (χ1n) is 42.4. The van der Waals surface area contributed by atoms with E-state index < -0.39 is 24.3 Å². The van der Waals surface area contributed by atoms with Gasteiger partial charge in [0.05, 0.1) is 40.3 Å². The topological polar surface area (TPSA) is 111 Å². The van der Waals surface area contributed by atoms with E-state index in [1.807, 2.05) is 21.1 Å². The summed E-state index contributed by atoms with van der Waals surface area (Å²) in [5.41, 5.74) is 0. The van der Waals surface area contributed by atoms with Crippen molar-refractivity contribution in [3.63, 3.8) is 0 Å². The van der Waals surface area contributed by atoms with Crippen molar-refractivity contribution >= 4 is 17.9 Å². The highest BCUT2D eigenvalue weighted by Gasteiger charge is 2.22. The summed E-state index contributed by atoms with van der Waals surface area (Å²) in [5, 5.41) is 11.9.